The highest BCUT2D eigenvalue weighted by atomic mass is 19.4. The van der Waals surface area contributed by atoms with E-state index in [2.05, 4.69) is 37.5 Å². The Labute approximate surface area is 217 Å². The Morgan fingerprint density at radius 1 is 1.00 bits per heavy atom. The van der Waals surface area contributed by atoms with E-state index in [1.807, 2.05) is 18.2 Å². The predicted octanol–water partition coefficient (Wildman–Crippen LogP) is 5.37. The molecule has 1 aromatic heterocycles. The summed E-state index contributed by atoms with van der Waals surface area (Å²) in [5, 5.41) is 18.1. The molecule has 3 aromatic rings. The number of rotatable bonds is 10. The summed E-state index contributed by atoms with van der Waals surface area (Å²) in [6.45, 7) is 0.692. The number of halogens is 3. The van der Waals surface area contributed by atoms with Crippen LogP contribution in [0.15, 0.2) is 54.6 Å². The van der Waals surface area contributed by atoms with Crippen LogP contribution in [0.4, 0.5) is 30.6 Å². The number of ether oxygens (including phenoxy) is 1. The maximum absolute atomic E-state index is 12.7. The van der Waals surface area contributed by atoms with Gasteiger partial charge in [-0.25, -0.2) is 4.98 Å². The molecule has 4 N–H and O–H groups in total. The molecular weight excluding hydrogens is 501 g/mol. The number of benzene rings is 2. The van der Waals surface area contributed by atoms with Gasteiger partial charge in [0.15, 0.2) is 0 Å². The van der Waals surface area contributed by atoms with Gasteiger partial charge in [0.2, 0.25) is 11.8 Å². The van der Waals surface area contributed by atoms with Crippen LogP contribution < -0.4 is 21.1 Å². The Bertz CT molecular complexity index is 1230. The summed E-state index contributed by atoms with van der Waals surface area (Å²) in [4.78, 5) is 19.4. The van der Waals surface area contributed by atoms with Crippen LogP contribution in [0.3, 0.4) is 0 Å². The molecule has 1 fully saturated rings. The van der Waals surface area contributed by atoms with Crippen molar-refractivity contribution in [3.8, 4) is 5.75 Å². The lowest BCUT2D eigenvalue weighted by molar-refractivity contribution is -0.385. The first-order chi connectivity index (χ1) is 18.2. The van der Waals surface area contributed by atoms with E-state index in [0.29, 0.717) is 12.5 Å². The SMILES string of the molecule is Nc1nc(NCc2ccccc2OC(F)(F)F)nc(C[C@H]2CC[C@H](NCc3ccccc3)CC2)c1[N+](=O)[O-]. The van der Waals surface area contributed by atoms with Gasteiger partial charge in [0.05, 0.1) is 4.92 Å². The average molecular weight is 531 g/mol. The first-order valence-corrected chi connectivity index (χ1v) is 12.3. The van der Waals surface area contributed by atoms with E-state index in [9.17, 15) is 23.3 Å². The maximum Gasteiger partial charge on any atom is 0.573 e. The van der Waals surface area contributed by atoms with E-state index in [1.54, 1.807) is 6.07 Å². The molecule has 0 atom stereocenters. The maximum atomic E-state index is 12.7. The molecule has 0 unspecified atom stereocenters. The molecule has 0 bridgehead atoms. The molecule has 0 aliphatic heterocycles. The Hall–Kier alpha value is -3.93. The highest BCUT2D eigenvalue weighted by Crippen LogP contribution is 2.33. The Kier molecular flexibility index (Phi) is 8.62. The second kappa shape index (κ2) is 12.1. The molecule has 1 heterocycles. The van der Waals surface area contributed by atoms with E-state index in [4.69, 9.17) is 5.73 Å². The number of nitrogen functional groups attached to an aromatic ring is 1. The summed E-state index contributed by atoms with van der Waals surface area (Å²) in [5.41, 5.74) is 7.22. The van der Waals surface area contributed by atoms with Crippen molar-refractivity contribution in [1.82, 2.24) is 15.3 Å². The number of nitrogens with two attached hydrogens (primary N) is 1. The van der Waals surface area contributed by atoms with Gasteiger partial charge in [-0.2, -0.15) is 4.98 Å². The third kappa shape index (κ3) is 7.54. The summed E-state index contributed by atoms with van der Waals surface area (Å²) in [7, 11) is 0. The van der Waals surface area contributed by atoms with Gasteiger partial charge in [-0.05, 0) is 49.7 Å². The van der Waals surface area contributed by atoms with Crippen molar-refractivity contribution in [1.29, 1.82) is 0 Å². The van der Waals surface area contributed by atoms with Crippen molar-refractivity contribution >= 4 is 17.5 Å². The summed E-state index contributed by atoms with van der Waals surface area (Å²) >= 11 is 0. The molecule has 1 aliphatic rings. The monoisotopic (exact) mass is 530 g/mol. The third-order valence-electron chi connectivity index (χ3n) is 6.57. The lowest BCUT2D eigenvalue weighted by atomic mass is 9.83. The molecule has 38 heavy (non-hydrogen) atoms. The minimum Gasteiger partial charge on any atom is -0.405 e. The largest absolute Gasteiger partial charge is 0.573 e. The van der Waals surface area contributed by atoms with Crippen molar-refractivity contribution in [2.24, 2.45) is 5.92 Å². The van der Waals surface area contributed by atoms with Gasteiger partial charge in [-0.3, -0.25) is 10.1 Å². The van der Waals surface area contributed by atoms with Gasteiger partial charge < -0.3 is 21.1 Å². The zero-order chi connectivity index (χ0) is 27.1. The molecule has 1 aliphatic carbocycles. The number of hydrogen-bond donors (Lipinski definition) is 3. The molecule has 0 radical (unpaired) electrons. The zero-order valence-electron chi connectivity index (χ0n) is 20.6. The van der Waals surface area contributed by atoms with Crippen LogP contribution >= 0.6 is 0 Å². The van der Waals surface area contributed by atoms with Gasteiger partial charge in [0.25, 0.3) is 0 Å². The van der Waals surface area contributed by atoms with Crippen molar-refractivity contribution in [3.63, 3.8) is 0 Å². The summed E-state index contributed by atoms with van der Waals surface area (Å²) in [5.74, 6) is -0.463. The number of alkyl halides is 3. The normalized spacial score (nSPS) is 17.7. The van der Waals surface area contributed by atoms with Crippen LogP contribution in [0.1, 0.15) is 42.5 Å². The Morgan fingerprint density at radius 3 is 2.37 bits per heavy atom. The zero-order valence-corrected chi connectivity index (χ0v) is 20.6. The first kappa shape index (κ1) is 27.1. The number of anilines is 2. The second-order valence-electron chi connectivity index (χ2n) is 9.28. The summed E-state index contributed by atoms with van der Waals surface area (Å²) < 4.78 is 42.3. The van der Waals surface area contributed by atoms with Gasteiger partial charge in [-0.1, -0.05) is 48.5 Å². The number of aromatic nitrogens is 2. The first-order valence-electron chi connectivity index (χ1n) is 12.3. The van der Waals surface area contributed by atoms with Gasteiger partial charge in [0, 0.05) is 24.7 Å². The van der Waals surface area contributed by atoms with Crippen LogP contribution in [0.5, 0.6) is 5.75 Å². The van der Waals surface area contributed by atoms with E-state index in [-0.39, 0.29) is 46.9 Å². The number of nitrogens with one attached hydrogen (secondary N) is 2. The van der Waals surface area contributed by atoms with Crippen LogP contribution in [-0.4, -0.2) is 27.3 Å². The standard InChI is InChI=1S/C26H29F3N6O3/c27-26(28,29)38-22-9-5-4-8-19(22)16-32-25-33-21(23(35(36)37)24(30)34-25)14-17-10-12-20(13-11-17)31-15-18-6-2-1-3-7-18/h1-9,17,20,31H,10-16H2,(H3,30,32,33,34)/t17-,20-. The van der Waals surface area contributed by atoms with Crippen molar-refractivity contribution in [2.45, 2.75) is 57.6 Å². The second-order valence-corrected chi connectivity index (χ2v) is 9.28. The fraction of sp³-hybridized carbons (Fsp3) is 0.385. The topological polar surface area (TPSA) is 128 Å². The molecule has 9 nitrogen and oxygen atoms in total. The van der Waals surface area contributed by atoms with E-state index < -0.39 is 11.3 Å². The highest BCUT2D eigenvalue weighted by Gasteiger charge is 2.32. The van der Waals surface area contributed by atoms with Crippen LogP contribution in [0.2, 0.25) is 0 Å². The minimum atomic E-state index is -4.84. The number of nitrogens with zero attached hydrogens (tertiary/aromatic N) is 3. The summed E-state index contributed by atoms with van der Waals surface area (Å²) in [6, 6.07) is 16.2. The average Bonchev–Trinajstić information content (AvgIpc) is 2.87. The van der Waals surface area contributed by atoms with Crippen molar-refractivity contribution in [2.75, 3.05) is 11.1 Å². The van der Waals surface area contributed by atoms with Crippen LogP contribution in [-0.2, 0) is 19.5 Å². The highest BCUT2D eigenvalue weighted by molar-refractivity contribution is 5.58. The summed E-state index contributed by atoms with van der Waals surface area (Å²) in [6.07, 6.45) is -0.860. The molecule has 0 amide bonds. The lowest BCUT2D eigenvalue weighted by Crippen LogP contribution is -2.33. The fourth-order valence-corrected chi connectivity index (χ4v) is 4.69. The van der Waals surface area contributed by atoms with E-state index >= 15 is 0 Å². The molecule has 1 saturated carbocycles. The number of para-hydroxylation sites is 1. The molecule has 202 valence electrons. The quantitative estimate of drug-likeness (QED) is 0.236. The molecule has 4 rings (SSSR count). The van der Waals surface area contributed by atoms with E-state index in [1.165, 1.54) is 23.8 Å². The van der Waals surface area contributed by atoms with E-state index in [0.717, 1.165) is 32.2 Å². The molecular formula is C26H29F3N6O3. The number of nitro groups is 1. The number of hydrogen-bond acceptors (Lipinski definition) is 8. The predicted molar refractivity (Wildman–Crippen MR) is 136 cm³/mol. The smallest absolute Gasteiger partial charge is 0.405 e. The molecule has 12 heteroatoms. The van der Waals surface area contributed by atoms with Crippen molar-refractivity contribution in [3.05, 3.63) is 81.5 Å². The van der Waals surface area contributed by atoms with Crippen LogP contribution in [0, 0.1) is 16.0 Å². The Morgan fingerprint density at radius 2 is 1.68 bits per heavy atom. The Balaban J connectivity index is 1.40. The lowest BCUT2D eigenvalue weighted by Gasteiger charge is -2.29. The van der Waals surface area contributed by atoms with Gasteiger partial charge in [0.1, 0.15) is 11.4 Å². The minimum absolute atomic E-state index is 0.00289. The molecule has 0 spiro atoms. The van der Waals surface area contributed by atoms with Gasteiger partial charge >= 0.3 is 12.0 Å². The van der Waals surface area contributed by atoms with Crippen LogP contribution in [0.25, 0.3) is 0 Å². The fourth-order valence-electron chi connectivity index (χ4n) is 4.69. The van der Waals surface area contributed by atoms with Gasteiger partial charge in [-0.15, -0.1) is 13.2 Å². The van der Waals surface area contributed by atoms with Crippen molar-refractivity contribution < 1.29 is 22.8 Å². The molecule has 2 aromatic carbocycles. The molecule has 0 saturated heterocycles. The third-order valence-corrected chi connectivity index (χ3v) is 6.57.